The van der Waals surface area contributed by atoms with Gasteiger partial charge >= 0.3 is 0 Å². The van der Waals surface area contributed by atoms with Crippen LogP contribution in [0.1, 0.15) is 28.4 Å². The summed E-state index contributed by atoms with van der Waals surface area (Å²) < 4.78 is 6.46. The number of rotatable bonds is 6. The molecular weight excluding hydrogens is 625 g/mol. The number of benzene rings is 7. The summed E-state index contributed by atoms with van der Waals surface area (Å²) in [7, 11) is 0. The Balaban J connectivity index is 1.17. The highest BCUT2D eigenvalue weighted by atomic mass is 16.3. The van der Waals surface area contributed by atoms with Crippen LogP contribution in [0.25, 0.3) is 55.3 Å². The van der Waals surface area contributed by atoms with Gasteiger partial charge in [-0.15, -0.1) is 0 Å². The molecule has 240 valence electrons. The van der Waals surface area contributed by atoms with Gasteiger partial charge in [-0.05, 0) is 69.3 Å². The lowest BCUT2D eigenvalue weighted by atomic mass is 9.95. The molecule has 0 spiro atoms. The molecule has 1 unspecified atom stereocenters. The van der Waals surface area contributed by atoms with Gasteiger partial charge in [-0.1, -0.05) is 140 Å². The normalized spacial score (nSPS) is 14.1. The molecule has 0 fully saturated rings. The first-order valence-electron chi connectivity index (χ1n) is 16.9. The number of aliphatic imine (C=N–C) groups is 2. The summed E-state index contributed by atoms with van der Waals surface area (Å²) in [6, 6.07) is 60.0. The topological polar surface area (TPSA) is 73.7 Å². The number of fused-ring (bicyclic) bond motifs is 3. The summed E-state index contributed by atoms with van der Waals surface area (Å²) in [5.74, 6) is 1.34. The third kappa shape index (κ3) is 5.75. The molecule has 1 aliphatic rings. The van der Waals surface area contributed by atoms with Crippen molar-refractivity contribution in [3.8, 4) is 39.4 Å². The van der Waals surface area contributed by atoms with Gasteiger partial charge in [-0.2, -0.15) is 5.26 Å². The average molecular weight is 655 g/mol. The van der Waals surface area contributed by atoms with Gasteiger partial charge < -0.3 is 9.73 Å². The predicted molar refractivity (Wildman–Crippen MR) is 207 cm³/mol. The van der Waals surface area contributed by atoms with Gasteiger partial charge in [-0.25, -0.2) is 9.98 Å². The molecule has 2 heterocycles. The zero-order valence-electron chi connectivity index (χ0n) is 27.5. The van der Waals surface area contributed by atoms with Crippen molar-refractivity contribution in [1.82, 2.24) is 5.32 Å². The molecule has 1 aliphatic heterocycles. The van der Waals surface area contributed by atoms with Crippen molar-refractivity contribution in [2.75, 3.05) is 0 Å². The van der Waals surface area contributed by atoms with Crippen LogP contribution in [0.4, 0.5) is 0 Å². The van der Waals surface area contributed by atoms with Crippen LogP contribution in [-0.4, -0.2) is 11.7 Å². The third-order valence-electron chi connectivity index (χ3n) is 9.40. The molecule has 0 saturated heterocycles. The van der Waals surface area contributed by atoms with E-state index in [9.17, 15) is 5.26 Å². The minimum Gasteiger partial charge on any atom is -0.456 e. The SMILES string of the molecule is N#Cc1ccc(-c2cc(C3=NC(c4ccc(-c5ccccc5)cc4)=NC(c4ccc(-c5ccccc5)cc4)N3)cc3oc4ccccc4c23)cc1. The third-order valence-corrected chi connectivity index (χ3v) is 9.40. The summed E-state index contributed by atoms with van der Waals surface area (Å²) in [6.45, 7) is 0. The van der Waals surface area contributed by atoms with E-state index in [1.165, 1.54) is 5.56 Å². The molecule has 0 radical (unpaired) electrons. The molecular formula is C46H30N4O. The molecule has 8 aromatic rings. The van der Waals surface area contributed by atoms with Gasteiger partial charge in [-0.3, -0.25) is 0 Å². The van der Waals surface area contributed by atoms with Gasteiger partial charge in [0.2, 0.25) is 0 Å². The van der Waals surface area contributed by atoms with Gasteiger partial charge in [0.05, 0.1) is 11.6 Å². The van der Waals surface area contributed by atoms with Crippen molar-refractivity contribution < 1.29 is 4.42 Å². The molecule has 0 bridgehead atoms. The maximum Gasteiger partial charge on any atom is 0.159 e. The van der Waals surface area contributed by atoms with Crippen molar-refractivity contribution in [2.45, 2.75) is 6.17 Å². The first-order chi connectivity index (χ1) is 25.2. The van der Waals surface area contributed by atoms with Crippen LogP contribution < -0.4 is 5.32 Å². The molecule has 51 heavy (non-hydrogen) atoms. The predicted octanol–water partition coefficient (Wildman–Crippen LogP) is 11.0. The summed E-state index contributed by atoms with van der Waals surface area (Å²) in [6.07, 6.45) is -0.379. The Labute approximate surface area is 295 Å². The largest absolute Gasteiger partial charge is 0.456 e. The number of hydrogen-bond donors (Lipinski definition) is 1. The highest BCUT2D eigenvalue weighted by Gasteiger charge is 2.24. The molecule has 5 nitrogen and oxygen atoms in total. The summed E-state index contributed by atoms with van der Waals surface area (Å²) in [4.78, 5) is 10.3. The van der Waals surface area contributed by atoms with E-state index in [1.807, 2.05) is 54.6 Å². The number of amidine groups is 2. The molecule has 0 aliphatic carbocycles. The lowest BCUT2D eigenvalue weighted by molar-refractivity contribution is 0.666. The van der Waals surface area contributed by atoms with Crippen LogP contribution in [0.5, 0.6) is 0 Å². The molecule has 5 heteroatoms. The highest BCUT2D eigenvalue weighted by molar-refractivity contribution is 6.18. The Morgan fingerprint density at radius 3 is 1.76 bits per heavy atom. The van der Waals surface area contributed by atoms with Crippen molar-refractivity contribution in [1.29, 1.82) is 5.26 Å². The molecule has 0 amide bonds. The molecule has 0 saturated carbocycles. The average Bonchev–Trinajstić information content (AvgIpc) is 3.60. The number of para-hydroxylation sites is 1. The summed E-state index contributed by atoms with van der Waals surface area (Å²) in [5, 5.41) is 15.2. The molecule has 9 rings (SSSR count). The second-order valence-electron chi connectivity index (χ2n) is 12.6. The van der Waals surface area contributed by atoms with Gasteiger partial charge in [0.1, 0.15) is 23.2 Å². The van der Waals surface area contributed by atoms with E-state index >= 15 is 0 Å². The van der Waals surface area contributed by atoms with Crippen LogP contribution in [0, 0.1) is 11.3 Å². The molecule has 1 N–H and O–H groups in total. The van der Waals surface area contributed by atoms with Crippen molar-refractivity contribution >= 4 is 33.6 Å². The Bertz CT molecular complexity index is 2630. The number of nitriles is 1. The fraction of sp³-hybridized carbons (Fsp3) is 0.0217. The van der Waals surface area contributed by atoms with E-state index in [1.54, 1.807) is 0 Å². The second kappa shape index (κ2) is 12.8. The number of nitrogens with zero attached hydrogens (tertiary/aromatic N) is 3. The minimum absolute atomic E-state index is 0.379. The van der Waals surface area contributed by atoms with Crippen LogP contribution in [0.15, 0.2) is 184 Å². The second-order valence-corrected chi connectivity index (χ2v) is 12.6. The van der Waals surface area contributed by atoms with E-state index in [4.69, 9.17) is 14.4 Å². The smallest absolute Gasteiger partial charge is 0.159 e. The number of nitrogens with one attached hydrogen (secondary N) is 1. The fourth-order valence-corrected chi connectivity index (χ4v) is 6.77. The number of furan rings is 1. The van der Waals surface area contributed by atoms with E-state index < -0.39 is 0 Å². The zero-order chi connectivity index (χ0) is 34.1. The molecule has 1 atom stereocenters. The first kappa shape index (κ1) is 30.1. The van der Waals surface area contributed by atoms with E-state index in [0.29, 0.717) is 17.2 Å². The Kier molecular flexibility index (Phi) is 7.53. The van der Waals surface area contributed by atoms with Crippen LogP contribution in [-0.2, 0) is 0 Å². The lowest BCUT2D eigenvalue weighted by Gasteiger charge is -2.24. The minimum atomic E-state index is -0.379. The van der Waals surface area contributed by atoms with Crippen LogP contribution in [0.3, 0.4) is 0 Å². The Morgan fingerprint density at radius 2 is 1.10 bits per heavy atom. The lowest BCUT2D eigenvalue weighted by Crippen LogP contribution is -2.33. The van der Waals surface area contributed by atoms with E-state index in [2.05, 4.69) is 127 Å². The highest BCUT2D eigenvalue weighted by Crippen LogP contribution is 2.38. The number of hydrogen-bond acceptors (Lipinski definition) is 5. The standard InChI is InChI=1S/C46H30N4O/c47-29-30-15-17-35(18-16-30)40-27-38(28-42-43(40)39-13-7-8-14-41(39)51-42)46-49-44(36-23-19-33(20-24-36)31-9-3-1-4-10-31)48-45(50-46)37-25-21-34(22-26-37)32-11-5-2-6-12-32/h1-28,44H,(H,48,49,50). The van der Waals surface area contributed by atoms with Gasteiger partial charge in [0, 0.05) is 21.9 Å². The quantitative estimate of drug-likeness (QED) is 0.194. The van der Waals surface area contributed by atoms with Crippen LogP contribution >= 0.6 is 0 Å². The van der Waals surface area contributed by atoms with Crippen molar-refractivity contribution in [2.24, 2.45) is 9.98 Å². The zero-order valence-corrected chi connectivity index (χ0v) is 27.5. The monoisotopic (exact) mass is 654 g/mol. The van der Waals surface area contributed by atoms with Gasteiger partial charge in [0.25, 0.3) is 0 Å². The summed E-state index contributed by atoms with van der Waals surface area (Å²) in [5.41, 5.74) is 11.6. The summed E-state index contributed by atoms with van der Waals surface area (Å²) >= 11 is 0. The van der Waals surface area contributed by atoms with Crippen molar-refractivity contribution in [3.05, 3.63) is 192 Å². The van der Waals surface area contributed by atoms with Gasteiger partial charge in [0.15, 0.2) is 5.84 Å². The molecule has 7 aromatic carbocycles. The maximum absolute atomic E-state index is 9.48. The Hall–Kier alpha value is -7.03. The van der Waals surface area contributed by atoms with E-state index in [0.717, 1.165) is 66.4 Å². The maximum atomic E-state index is 9.48. The van der Waals surface area contributed by atoms with Crippen molar-refractivity contribution in [3.63, 3.8) is 0 Å². The first-order valence-corrected chi connectivity index (χ1v) is 16.9. The fourth-order valence-electron chi connectivity index (χ4n) is 6.77. The Morgan fingerprint density at radius 1 is 0.529 bits per heavy atom. The molecule has 1 aromatic heterocycles. The van der Waals surface area contributed by atoms with Crippen LogP contribution in [0.2, 0.25) is 0 Å². The van der Waals surface area contributed by atoms with E-state index in [-0.39, 0.29) is 6.17 Å².